The van der Waals surface area contributed by atoms with E-state index < -0.39 is 0 Å². The Balaban J connectivity index is 1.66. The van der Waals surface area contributed by atoms with Crippen LogP contribution in [0.4, 0.5) is 0 Å². The Morgan fingerprint density at radius 2 is 2.15 bits per heavy atom. The van der Waals surface area contributed by atoms with Crippen molar-refractivity contribution in [3.63, 3.8) is 0 Å². The molecule has 0 aliphatic heterocycles. The number of hydrogen-bond donors (Lipinski definition) is 1. The molecule has 4 heteroatoms. The summed E-state index contributed by atoms with van der Waals surface area (Å²) in [6.07, 6.45) is 5.08. The largest absolute Gasteiger partial charge is 0.356 e. The van der Waals surface area contributed by atoms with Gasteiger partial charge in [-0.1, -0.05) is 37.1 Å². The average Bonchev–Trinajstić information content (AvgIpc) is 2.85. The summed E-state index contributed by atoms with van der Waals surface area (Å²) in [5, 5.41) is 8.09. The highest BCUT2D eigenvalue weighted by Gasteiger charge is 2.23. The molecule has 1 amide bonds. The zero-order valence-electron chi connectivity index (χ0n) is 11.8. The summed E-state index contributed by atoms with van der Waals surface area (Å²) >= 11 is 0. The molecule has 1 saturated carbocycles. The van der Waals surface area contributed by atoms with Crippen LogP contribution in [0.5, 0.6) is 0 Å². The number of aromatic nitrogens is 1. The Morgan fingerprint density at radius 3 is 3.00 bits per heavy atom. The molecule has 1 aromatic carbocycles. The van der Waals surface area contributed by atoms with Crippen molar-refractivity contribution in [1.82, 2.24) is 10.5 Å². The number of nitrogens with zero attached hydrogens (tertiary/aromatic N) is 1. The molecule has 1 aromatic heterocycles. The highest BCUT2D eigenvalue weighted by atomic mass is 16.5. The van der Waals surface area contributed by atoms with Crippen molar-refractivity contribution >= 4 is 16.9 Å². The molecule has 2 aromatic rings. The second kappa shape index (κ2) is 5.65. The van der Waals surface area contributed by atoms with Crippen LogP contribution in [0.2, 0.25) is 0 Å². The van der Waals surface area contributed by atoms with Crippen LogP contribution >= 0.6 is 0 Å². The molecule has 20 heavy (non-hydrogen) atoms. The van der Waals surface area contributed by atoms with Gasteiger partial charge in [-0.15, -0.1) is 0 Å². The van der Waals surface area contributed by atoms with Crippen LogP contribution in [-0.2, 0) is 11.2 Å². The Bertz CT molecular complexity index is 605. The van der Waals surface area contributed by atoms with Gasteiger partial charge in [-0.05, 0) is 30.9 Å². The van der Waals surface area contributed by atoms with Gasteiger partial charge in [0.15, 0.2) is 5.58 Å². The van der Waals surface area contributed by atoms with E-state index in [1.54, 1.807) is 0 Å². The molecule has 1 heterocycles. The lowest BCUT2D eigenvalue weighted by Gasteiger charge is -2.29. The van der Waals surface area contributed by atoms with Crippen molar-refractivity contribution < 1.29 is 9.32 Å². The van der Waals surface area contributed by atoms with Gasteiger partial charge in [-0.3, -0.25) is 4.79 Å². The molecule has 1 aliphatic rings. The second-order valence-electron chi connectivity index (χ2n) is 5.74. The van der Waals surface area contributed by atoms with Crippen LogP contribution in [0, 0.1) is 5.92 Å². The zero-order valence-corrected chi connectivity index (χ0v) is 11.8. The molecule has 1 fully saturated rings. The summed E-state index contributed by atoms with van der Waals surface area (Å²) in [6.45, 7) is 2.22. The Kier molecular flexibility index (Phi) is 3.72. The van der Waals surface area contributed by atoms with Crippen LogP contribution < -0.4 is 5.32 Å². The van der Waals surface area contributed by atoms with E-state index in [4.69, 9.17) is 4.52 Å². The van der Waals surface area contributed by atoms with Gasteiger partial charge in [-0.25, -0.2) is 0 Å². The highest BCUT2D eigenvalue weighted by Crippen LogP contribution is 2.24. The number of nitrogens with one attached hydrogen (secondary N) is 1. The van der Waals surface area contributed by atoms with E-state index in [1.807, 2.05) is 24.3 Å². The van der Waals surface area contributed by atoms with Crippen molar-refractivity contribution in [3.05, 3.63) is 30.0 Å². The highest BCUT2D eigenvalue weighted by molar-refractivity contribution is 5.86. The molecule has 0 saturated heterocycles. The summed E-state index contributed by atoms with van der Waals surface area (Å²) in [6, 6.07) is 7.96. The first-order valence-corrected chi connectivity index (χ1v) is 7.36. The minimum absolute atomic E-state index is 0.0443. The van der Waals surface area contributed by atoms with Gasteiger partial charge in [0.2, 0.25) is 5.91 Å². The van der Waals surface area contributed by atoms with E-state index >= 15 is 0 Å². The number of carbonyl (C=O) groups excluding carboxylic acids is 1. The van der Waals surface area contributed by atoms with Crippen molar-refractivity contribution in [2.24, 2.45) is 5.92 Å². The first-order chi connectivity index (χ1) is 9.74. The Labute approximate surface area is 118 Å². The van der Waals surface area contributed by atoms with E-state index in [0.29, 0.717) is 18.4 Å². The number of rotatable bonds is 3. The zero-order chi connectivity index (χ0) is 13.9. The van der Waals surface area contributed by atoms with Crippen LogP contribution in [0.25, 0.3) is 11.0 Å². The lowest BCUT2D eigenvalue weighted by atomic mass is 9.86. The van der Waals surface area contributed by atoms with Crippen LogP contribution in [0.3, 0.4) is 0 Å². The first-order valence-electron chi connectivity index (χ1n) is 7.36. The predicted octanol–water partition coefficient (Wildman–Crippen LogP) is 3.07. The topological polar surface area (TPSA) is 55.1 Å². The average molecular weight is 272 g/mol. The first kappa shape index (κ1) is 13.2. The third kappa shape index (κ3) is 2.69. The molecule has 1 aliphatic carbocycles. The van der Waals surface area contributed by atoms with Crippen molar-refractivity contribution in [1.29, 1.82) is 0 Å². The van der Waals surface area contributed by atoms with Gasteiger partial charge in [0, 0.05) is 11.4 Å². The van der Waals surface area contributed by atoms with Crippen LogP contribution in [0.15, 0.2) is 28.8 Å². The fraction of sp³-hybridized carbons (Fsp3) is 0.500. The van der Waals surface area contributed by atoms with Gasteiger partial charge in [0.1, 0.15) is 5.69 Å². The minimum Gasteiger partial charge on any atom is -0.356 e. The third-order valence-corrected chi connectivity index (χ3v) is 4.24. The molecule has 1 N–H and O–H groups in total. The fourth-order valence-electron chi connectivity index (χ4n) is 3.01. The normalized spacial score (nSPS) is 22.9. The van der Waals surface area contributed by atoms with Crippen molar-refractivity contribution in [3.8, 4) is 0 Å². The minimum atomic E-state index is 0.0443. The lowest BCUT2D eigenvalue weighted by Crippen LogP contribution is -2.41. The Morgan fingerprint density at radius 1 is 1.35 bits per heavy atom. The third-order valence-electron chi connectivity index (χ3n) is 4.24. The smallest absolute Gasteiger partial charge is 0.226 e. The van der Waals surface area contributed by atoms with Crippen molar-refractivity contribution in [2.45, 2.75) is 45.1 Å². The maximum Gasteiger partial charge on any atom is 0.226 e. The summed E-state index contributed by atoms with van der Waals surface area (Å²) in [5.74, 6) is 0.615. The fourth-order valence-corrected chi connectivity index (χ4v) is 3.01. The summed E-state index contributed by atoms with van der Waals surface area (Å²) < 4.78 is 5.23. The number of benzene rings is 1. The lowest BCUT2D eigenvalue weighted by molar-refractivity contribution is -0.121. The van der Waals surface area contributed by atoms with Crippen LogP contribution in [0.1, 0.15) is 38.3 Å². The van der Waals surface area contributed by atoms with Gasteiger partial charge in [0.25, 0.3) is 0 Å². The Hall–Kier alpha value is -1.84. The summed E-state index contributed by atoms with van der Waals surface area (Å²) in [5.41, 5.74) is 1.46. The molecule has 0 unspecified atom stereocenters. The predicted molar refractivity (Wildman–Crippen MR) is 77.3 cm³/mol. The standard InChI is InChI=1S/C16H20N2O2/c1-11-6-2-4-8-13(11)17-16(19)10-14-12-7-3-5-9-15(12)20-18-14/h3,5,7,9,11,13H,2,4,6,8,10H2,1H3,(H,17,19)/t11-,13-/m1/s1. The maximum atomic E-state index is 12.2. The SMILES string of the molecule is C[C@@H]1CCCC[C@H]1NC(=O)Cc1noc2ccccc12. The van der Waals surface area contributed by atoms with Gasteiger partial charge >= 0.3 is 0 Å². The molecule has 2 atom stereocenters. The van der Waals surface area contributed by atoms with Crippen LogP contribution in [-0.4, -0.2) is 17.1 Å². The molecule has 0 radical (unpaired) electrons. The van der Waals surface area contributed by atoms with E-state index in [0.717, 1.165) is 23.1 Å². The van der Waals surface area contributed by atoms with E-state index in [2.05, 4.69) is 17.4 Å². The number of para-hydroxylation sites is 1. The maximum absolute atomic E-state index is 12.2. The molecule has 0 spiro atoms. The van der Waals surface area contributed by atoms with E-state index in [1.165, 1.54) is 19.3 Å². The van der Waals surface area contributed by atoms with E-state index in [9.17, 15) is 4.79 Å². The molecule has 106 valence electrons. The molecule has 3 rings (SSSR count). The molecule has 4 nitrogen and oxygen atoms in total. The van der Waals surface area contributed by atoms with Gasteiger partial charge in [0.05, 0.1) is 6.42 Å². The summed E-state index contributed by atoms with van der Waals surface area (Å²) in [7, 11) is 0. The van der Waals surface area contributed by atoms with Gasteiger partial charge in [-0.2, -0.15) is 0 Å². The number of carbonyl (C=O) groups is 1. The number of hydrogen-bond acceptors (Lipinski definition) is 3. The number of fused-ring (bicyclic) bond motifs is 1. The number of amides is 1. The second-order valence-corrected chi connectivity index (χ2v) is 5.74. The quantitative estimate of drug-likeness (QED) is 0.934. The van der Waals surface area contributed by atoms with Gasteiger partial charge < -0.3 is 9.84 Å². The molecular formula is C16H20N2O2. The monoisotopic (exact) mass is 272 g/mol. The molecular weight excluding hydrogens is 252 g/mol. The molecule has 0 bridgehead atoms. The van der Waals surface area contributed by atoms with E-state index in [-0.39, 0.29) is 5.91 Å². The summed E-state index contributed by atoms with van der Waals surface area (Å²) in [4.78, 5) is 12.2. The van der Waals surface area contributed by atoms with Crippen molar-refractivity contribution in [2.75, 3.05) is 0 Å².